The molecular formula is C16H11F3N2O4. The van der Waals surface area contributed by atoms with Crippen LogP contribution in [0.5, 0.6) is 23.1 Å². The van der Waals surface area contributed by atoms with Crippen LogP contribution in [0.1, 0.15) is 11.3 Å². The molecule has 6 nitrogen and oxygen atoms in total. The summed E-state index contributed by atoms with van der Waals surface area (Å²) in [5, 5.41) is 3.36. The fourth-order valence-corrected chi connectivity index (χ4v) is 2.59. The van der Waals surface area contributed by atoms with Crippen LogP contribution < -0.4 is 14.2 Å². The summed E-state index contributed by atoms with van der Waals surface area (Å²) >= 11 is 0. The lowest BCUT2D eigenvalue weighted by atomic mass is 10.1. The van der Waals surface area contributed by atoms with Gasteiger partial charge in [-0.05, 0) is 19.1 Å². The lowest BCUT2D eigenvalue weighted by Gasteiger charge is -2.20. The van der Waals surface area contributed by atoms with Crippen molar-refractivity contribution in [2.45, 2.75) is 13.1 Å². The Morgan fingerprint density at radius 3 is 2.76 bits per heavy atom. The van der Waals surface area contributed by atoms with Gasteiger partial charge < -0.3 is 18.7 Å². The second-order valence-corrected chi connectivity index (χ2v) is 5.34. The number of nitrogens with zero attached hydrogens (tertiary/aromatic N) is 2. The highest BCUT2D eigenvalue weighted by atomic mass is 19.4. The Morgan fingerprint density at radius 1 is 1.16 bits per heavy atom. The maximum Gasteiger partial charge on any atom is 0.417 e. The normalized spacial score (nSPS) is 13.9. The van der Waals surface area contributed by atoms with Gasteiger partial charge in [0, 0.05) is 6.07 Å². The topological polar surface area (TPSA) is 66.6 Å². The standard InChI is InChI=1S/C16H11F3N2O4/c1-8-13-9(16(17,18)19)7-12(20-15(13)25-21-8)24-11-4-2-3-10-14(11)23-6-5-22-10/h2-4,7H,5-6H2,1H3. The first kappa shape index (κ1) is 15.6. The molecule has 0 unspecified atom stereocenters. The van der Waals surface area contributed by atoms with Crippen molar-refractivity contribution in [2.24, 2.45) is 0 Å². The van der Waals surface area contributed by atoms with Crippen molar-refractivity contribution < 1.29 is 31.9 Å². The average Bonchev–Trinajstić information content (AvgIpc) is 2.95. The van der Waals surface area contributed by atoms with Crippen molar-refractivity contribution in [3.05, 3.63) is 35.5 Å². The zero-order valence-electron chi connectivity index (χ0n) is 12.9. The smallest absolute Gasteiger partial charge is 0.417 e. The van der Waals surface area contributed by atoms with Crippen LogP contribution in [0.4, 0.5) is 13.2 Å². The monoisotopic (exact) mass is 352 g/mol. The Balaban J connectivity index is 1.81. The third-order valence-corrected chi connectivity index (χ3v) is 3.64. The highest BCUT2D eigenvalue weighted by Gasteiger charge is 2.36. The maximum absolute atomic E-state index is 13.4. The molecule has 0 bridgehead atoms. The molecule has 0 fully saturated rings. The third kappa shape index (κ3) is 2.71. The molecule has 1 aliphatic rings. The van der Waals surface area contributed by atoms with Crippen LogP contribution >= 0.6 is 0 Å². The first-order valence-corrected chi connectivity index (χ1v) is 7.34. The van der Waals surface area contributed by atoms with Crippen molar-refractivity contribution in [3.8, 4) is 23.1 Å². The molecule has 25 heavy (non-hydrogen) atoms. The first-order valence-electron chi connectivity index (χ1n) is 7.34. The van der Waals surface area contributed by atoms with Crippen LogP contribution in [0.15, 0.2) is 28.8 Å². The van der Waals surface area contributed by atoms with Crippen molar-refractivity contribution in [2.75, 3.05) is 13.2 Å². The molecule has 2 aromatic heterocycles. The van der Waals surface area contributed by atoms with Gasteiger partial charge in [-0.1, -0.05) is 11.2 Å². The van der Waals surface area contributed by atoms with E-state index in [0.717, 1.165) is 6.07 Å². The summed E-state index contributed by atoms with van der Waals surface area (Å²) in [7, 11) is 0. The molecule has 1 aromatic carbocycles. The molecule has 0 atom stereocenters. The molecule has 0 saturated carbocycles. The van der Waals surface area contributed by atoms with E-state index in [2.05, 4.69) is 10.1 Å². The molecule has 4 rings (SSSR count). The molecule has 9 heteroatoms. The third-order valence-electron chi connectivity index (χ3n) is 3.64. The van der Waals surface area contributed by atoms with Crippen LogP contribution in [-0.4, -0.2) is 23.4 Å². The van der Waals surface area contributed by atoms with Gasteiger partial charge in [0.1, 0.15) is 13.2 Å². The molecule has 0 saturated heterocycles. The molecule has 0 N–H and O–H groups in total. The Morgan fingerprint density at radius 2 is 1.96 bits per heavy atom. The lowest BCUT2D eigenvalue weighted by molar-refractivity contribution is -0.136. The molecular weight excluding hydrogens is 341 g/mol. The molecule has 0 spiro atoms. The summed E-state index contributed by atoms with van der Waals surface area (Å²) in [4.78, 5) is 3.97. The second-order valence-electron chi connectivity index (χ2n) is 5.34. The number of alkyl halides is 3. The van der Waals surface area contributed by atoms with Gasteiger partial charge in [-0.15, -0.1) is 0 Å². The Kier molecular flexibility index (Phi) is 3.45. The van der Waals surface area contributed by atoms with Gasteiger partial charge in [-0.3, -0.25) is 0 Å². The number of ether oxygens (including phenoxy) is 3. The minimum absolute atomic E-state index is 0.107. The lowest BCUT2D eigenvalue weighted by Crippen LogP contribution is -2.15. The van der Waals surface area contributed by atoms with Gasteiger partial charge >= 0.3 is 6.18 Å². The Bertz CT molecular complexity index is 952. The maximum atomic E-state index is 13.4. The van der Waals surface area contributed by atoms with Crippen molar-refractivity contribution in [1.29, 1.82) is 0 Å². The number of hydrogen-bond acceptors (Lipinski definition) is 6. The molecule has 3 heterocycles. The predicted octanol–water partition coefficient (Wildman–Crippen LogP) is 4.11. The van der Waals surface area contributed by atoms with Gasteiger partial charge in [0.05, 0.1) is 16.6 Å². The summed E-state index contributed by atoms with van der Waals surface area (Å²) in [6.07, 6.45) is -4.61. The van der Waals surface area contributed by atoms with Gasteiger partial charge in [0.2, 0.25) is 11.6 Å². The van der Waals surface area contributed by atoms with E-state index in [1.807, 2.05) is 0 Å². The van der Waals surface area contributed by atoms with E-state index in [4.69, 9.17) is 18.7 Å². The van der Waals surface area contributed by atoms with E-state index in [1.54, 1.807) is 18.2 Å². The number of rotatable bonds is 2. The number of halogens is 3. The number of aryl methyl sites for hydroxylation is 1. The summed E-state index contributed by atoms with van der Waals surface area (Å²) in [6, 6.07) is 5.69. The predicted molar refractivity (Wildman–Crippen MR) is 79.0 cm³/mol. The molecule has 0 aliphatic carbocycles. The largest absolute Gasteiger partial charge is 0.486 e. The number of para-hydroxylation sites is 1. The second kappa shape index (κ2) is 5.54. The number of fused-ring (bicyclic) bond motifs is 2. The molecule has 130 valence electrons. The van der Waals surface area contributed by atoms with E-state index in [9.17, 15) is 13.2 Å². The first-order chi connectivity index (χ1) is 11.9. The zero-order chi connectivity index (χ0) is 17.6. The number of aromatic nitrogens is 2. The van der Waals surface area contributed by atoms with Gasteiger partial charge in [0.15, 0.2) is 11.5 Å². The van der Waals surface area contributed by atoms with Crippen LogP contribution in [0.3, 0.4) is 0 Å². The van der Waals surface area contributed by atoms with E-state index in [-0.39, 0.29) is 28.4 Å². The highest BCUT2D eigenvalue weighted by Crippen LogP contribution is 2.43. The van der Waals surface area contributed by atoms with Crippen LogP contribution in [0.2, 0.25) is 0 Å². The minimum Gasteiger partial charge on any atom is -0.486 e. The molecule has 1 aliphatic heterocycles. The Hall–Kier alpha value is -2.97. The van der Waals surface area contributed by atoms with E-state index < -0.39 is 11.7 Å². The number of benzene rings is 1. The molecule has 0 radical (unpaired) electrons. The Labute approximate surface area is 139 Å². The number of hydrogen-bond donors (Lipinski definition) is 0. The fourth-order valence-electron chi connectivity index (χ4n) is 2.59. The van der Waals surface area contributed by atoms with E-state index >= 15 is 0 Å². The van der Waals surface area contributed by atoms with Crippen molar-refractivity contribution in [3.63, 3.8) is 0 Å². The number of pyridine rings is 1. The summed E-state index contributed by atoms with van der Waals surface area (Å²) in [5.41, 5.74) is -1.06. The quantitative estimate of drug-likeness (QED) is 0.691. The van der Waals surface area contributed by atoms with Crippen molar-refractivity contribution >= 4 is 11.1 Å². The fraction of sp³-hybridized carbons (Fsp3) is 0.250. The van der Waals surface area contributed by atoms with Crippen molar-refractivity contribution in [1.82, 2.24) is 10.1 Å². The minimum atomic E-state index is -4.61. The van der Waals surface area contributed by atoms with Gasteiger partial charge in [0.25, 0.3) is 5.71 Å². The van der Waals surface area contributed by atoms with Gasteiger partial charge in [-0.25, -0.2) is 0 Å². The summed E-state index contributed by atoms with van der Waals surface area (Å²) < 4.78 is 61.4. The highest BCUT2D eigenvalue weighted by molar-refractivity contribution is 5.81. The van der Waals surface area contributed by atoms with E-state index in [1.165, 1.54) is 6.92 Å². The summed E-state index contributed by atoms with van der Waals surface area (Å²) in [6.45, 7) is 2.12. The SMILES string of the molecule is Cc1noc2nc(Oc3cccc4c3OCCO4)cc(C(F)(F)F)c12. The average molecular weight is 352 g/mol. The zero-order valence-corrected chi connectivity index (χ0v) is 12.9. The molecule has 3 aromatic rings. The molecule has 0 amide bonds. The van der Waals surface area contributed by atoms with Crippen LogP contribution in [0.25, 0.3) is 11.1 Å². The van der Waals surface area contributed by atoms with Crippen LogP contribution in [-0.2, 0) is 6.18 Å². The van der Waals surface area contributed by atoms with E-state index in [0.29, 0.717) is 24.7 Å². The van der Waals surface area contributed by atoms with Crippen LogP contribution in [0, 0.1) is 6.92 Å². The van der Waals surface area contributed by atoms with Gasteiger partial charge in [-0.2, -0.15) is 18.2 Å². The summed E-state index contributed by atoms with van der Waals surface area (Å²) in [5.74, 6) is 0.696.